The number of carbonyl (C=O) groups is 3. The lowest BCUT2D eigenvalue weighted by Crippen LogP contribution is -2.74. The van der Waals surface area contributed by atoms with Crippen molar-refractivity contribution in [3.8, 4) is 12.3 Å². The van der Waals surface area contributed by atoms with Gasteiger partial charge in [0.1, 0.15) is 12.2 Å². The molecule has 0 bridgehead atoms. The number of hydrogen-bond acceptors (Lipinski definition) is 5. The highest BCUT2D eigenvalue weighted by molar-refractivity contribution is 6.42. The molecule has 0 aliphatic carbocycles. The van der Waals surface area contributed by atoms with E-state index in [-0.39, 0.29) is 38.0 Å². The Kier molecular flexibility index (Phi) is 13.7. The van der Waals surface area contributed by atoms with Crippen molar-refractivity contribution in [2.75, 3.05) is 26.7 Å². The lowest BCUT2D eigenvalue weighted by atomic mass is 9.98. The summed E-state index contributed by atoms with van der Waals surface area (Å²) in [7, 11) is 1.95. The van der Waals surface area contributed by atoms with E-state index in [4.69, 9.17) is 29.6 Å². The lowest BCUT2D eigenvalue weighted by Gasteiger charge is -2.54. The molecule has 0 saturated carbocycles. The van der Waals surface area contributed by atoms with Gasteiger partial charge < -0.3 is 15.1 Å². The highest BCUT2D eigenvalue weighted by Crippen LogP contribution is 2.29. The topological polar surface area (TPSA) is 76.2 Å². The van der Waals surface area contributed by atoms with Crippen LogP contribution in [-0.2, 0) is 33.9 Å². The molecule has 44 heavy (non-hydrogen) atoms. The molecule has 3 aromatic rings. The highest BCUT2D eigenvalue weighted by Gasteiger charge is 2.49. The van der Waals surface area contributed by atoms with Gasteiger partial charge in [0, 0.05) is 19.5 Å². The fourth-order valence-electron chi connectivity index (χ4n) is 5.18. The van der Waals surface area contributed by atoms with Crippen molar-refractivity contribution in [3.63, 3.8) is 0 Å². The lowest BCUT2D eigenvalue weighted by molar-refractivity contribution is -0.198. The van der Waals surface area contributed by atoms with Crippen LogP contribution in [0.5, 0.6) is 0 Å². The summed E-state index contributed by atoms with van der Waals surface area (Å²) >= 11 is 12.2. The van der Waals surface area contributed by atoms with E-state index >= 15 is 0 Å². The van der Waals surface area contributed by atoms with E-state index in [1.165, 1.54) is 20.5 Å². The predicted octanol–water partition coefficient (Wildman–Crippen LogP) is 4.86. The minimum absolute atomic E-state index is 0.0647. The van der Waals surface area contributed by atoms with E-state index < -0.39 is 12.2 Å². The first-order valence-corrected chi connectivity index (χ1v) is 15.3. The molecule has 0 spiro atoms. The molecule has 0 radical (unpaired) electrons. The number of nitrogens with one attached hydrogen (secondary N) is 1. The first-order valence-electron chi connectivity index (χ1n) is 14.5. The summed E-state index contributed by atoms with van der Waals surface area (Å²) in [5.74, 6) is 2.06. The third kappa shape index (κ3) is 8.84. The van der Waals surface area contributed by atoms with Crippen LogP contribution in [0.3, 0.4) is 0 Å². The number of nitrogens with zero attached hydrogens (tertiary/aromatic N) is 4. The number of benzene rings is 3. The first kappa shape index (κ1) is 34.6. The second kappa shape index (κ2) is 17.4. The first-order chi connectivity index (χ1) is 21.4. The van der Waals surface area contributed by atoms with Crippen LogP contribution >= 0.6 is 23.2 Å². The van der Waals surface area contributed by atoms with E-state index in [1.54, 1.807) is 23.1 Å². The van der Waals surface area contributed by atoms with Crippen LogP contribution in [0.4, 0.5) is 0 Å². The molecule has 3 amide bonds. The van der Waals surface area contributed by atoms with Crippen molar-refractivity contribution in [1.82, 2.24) is 25.1 Å². The summed E-state index contributed by atoms with van der Waals surface area (Å²) in [6, 6.07) is 24.3. The minimum Gasteiger partial charge on any atom is -0.333 e. The zero-order valence-corrected chi connectivity index (χ0v) is 26.8. The Hall–Kier alpha value is -3.87. The Balaban J connectivity index is 0.000000409. The molecule has 8 nitrogen and oxygen atoms in total. The Morgan fingerprint density at radius 2 is 1.57 bits per heavy atom. The van der Waals surface area contributed by atoms with Crippen LogP contribution in [0, 0.1) is 12.3 Å². The SMILES string of the molecule is C#CCN1CC(=O)N2C(CN(Cc3ccc(Cl)c(Cl)c3)C(=O)[C@@H]2Cc2ccccc2)N1C=O.CC.CNCc1ccccc1. The molecule has 10 heteroatoms. The van der Waals surface area contributed by atoms with E-state index in [2.05, 4.69) is 23.4 Å². The third-order valence-electron chi connectivity index (χ3n) is 7.11. The van der Waals surface area contributed by atoms with Crippen LogP contribution in [0.1, 0.15) is 30.5 Å². The van der Waals surface area contributed by atoms with Gasteiger partial charge in [-0.05, 0) is 35.9 Å². The predicted molar refractivity (Wildman–Crippen MR) is 175 cm³/mol. The Morgan fingerprint density at radius 1 is 0.932 bits per heavy atom. The van der Waals surface area contributed by atoms with Crippen molar-refractivity contribution in [3.05, 3.63) is 106 Å². The molecule has 5 rings (SSSR count). The number of terminal acetylenes is 1. The third-order valence-corrected chi connectivity index (χ3v) is 7.85. The average Bonchev–Trinajstić information content (AvgIpc) is 3.04. The Labute approximate surface area is 270 Å². The maximum atomic E-state index is 13.6. The molecule has 1 unspecified atom stereocenters. The van der Waals surface area contributed by atoms with Crippen molar-refractivity contribution in [1.29, 1.82) is 0 Å². The van der Waals surface area contributed by atoms with Crippen molar-refractivity contribution in [2.24, 2.45) is 0 Å². The molecular formula is C34H39Cl2N5O3. The van der Waals surface area contributed by atoms with Crippen LogP contribution in [0.25, 0.3) is 0 Å². The van der Waals surface area contributed by atoms with E-state index in [0.717, 1.165) is 17.7 Å². The molecule has 1 N–H and O–H groups in total. The molecule has 2 atom stereocenters. The van der Waals surface area contributed by atoms with Crippen LogP contribution in [-0.4, -0.2) is 76.9 Å². The van der Waals surface area contributed by atoms with Gasteiger partial charge in [-0.15, -0.1) is 6.42 Å². The molecule has 2 saturated heterocycles. The number of hydrogen-bond donors (Lipinski definition) is 1. The van der Waals surface area contributed by atoms with Gasteiger partial charge in [-0.25, -0.2) is 0 Å². The van der Waals surface area contributed by atoms with Gasteiger partial charge in [-0.2, -0.15) is 5.01 Å². The molecule has 2 aliphatic heterocycles. The summed E-state index contributed by atoms with van der Waals surface area (Å²) in [5, 5.41) is 6.86. The number of amides is 3. The normalized spacial score (nSPS) is 17.9. The molecule has 232 valence electrons. The largest absolute Gasteiger partial charge is 0.333 e. The fourth-order valence-corrected chi connectivity index (χ4v) is 5.50. The Morgan fingerprint density at radius 3 is 2.14 bits per heavy atom. The molecule has 2 fully saturated rings. The number of fused-ring (bicyclic) bond motifs is 1. The summed E-state index contributed by atoms with van der Waals surface area (Å²) in [6.07, 6.45) is 5.79. The second-order valence-electron chi connectivity index (χ2n) is 9.98. The molecule has 2 aliphatic rings. The number of carbonyl (C=O) groups excluding carboxylic acids is 3. The van der Waals surface area contributed by atoms with Gasteiger partial charge in [0.25, 0.3) is 0 Å². The van der Waals surface area contributed by atoms with Gasteiger partial charge in [0.15, 0.2) is 0 Å². The number of hydrazine groups is 1. The van der Waals surface area contributed by atoms with Crippen molar-refractivity contribution < 1.29 is 14.4 Å². The molecule has 2 heterocycles. The monoisotopic (exact) mass is 635 g/mol. The Bertz CT molecular complexity index is 1420. The van der Waals surface area contributed by atoms with Crippen LogP contribution in [0.15, 0.2) is 78.9 Å². The van der Waals surface area contributed by atoms with E-state index in [9.17, 15) is 14.4 Å². The summed E-state index contributed by atoms with van der Waals surface area (Å²) in [4.78, 5) is 42.0. The number of halogens is 2. The van der Waals surface area contributed by atoms with Crippen LogP contribution in [0.2, 0.25) is 10.0 Å². The minimum atomic E-state index is -0.753. The fraction of sp³-hybridized carbons (Fsp3) is 0.324. The van der Waals surface area contributed by atoms with Crippen molar-refractivity contribution >= 4 is 41.4 Å². The van der Waals surface area contributed by atoms with E-state index in [0.29, 0.717) is 22.9 Å². The smallest absolute Gasteiger partial charge is 0.246 e. The standard InChI is InChI=1S/C24H22Cl2N4O3.C8H11N.C2H6/c1-2-10-28-15-23(32)30-21(12-17-6-4-3-5-7-17)24(33)27(14-22(30)29(28)16-31)13-18-8-9-19(25)20(26)11-18;1-9-7-8-5-3-2-4-6-8;1-2/h1,3-9,11,16,21-22H,10,12-15H2;2-6,9H,7H2,1H3;1-2H3/t21-,22?;;/m0../s1. The van der Waals surface area contributed by atoms with E-state index in [1.807, 2.05) is 69.4 Å². The molecule has 0 aromatic heterocycles. The summed E-state index contributed by atoms with van der Waals surface area (Å²) in [6.45, 7) is 5.42. The van der Waals surface area contributed by atoms with Gasteiger partial charge in [-0.1, -0.05) is 110 Å². The maximum absolute atomic E-state index is 13.6. The molecular weight excluding hydrogens is 597 g/mol. The zero-order chi connectivity index (χ0) is 32.1. The zero-order valence-electron chi connectivity index (χ0n) is 25.3. The maximum Gasteiger partial charge on any atom is 0.246 e. The van der Waals surface area contributed by atoms with Gasteiger partial charge in [0.05, 0.1) is 29.7 Å². The average molecular weight is 637 g/mol. The van der Waals surface area contributed by atoms with Gasteiger partial charge in [-0.3, -0.25) is 19.4 Å². The second-order valence-corrected chi connectivity index (χ2v) is 10.8. The number of rotatable bonds is 8. The highest BCUT2D eigenvalue weighted by atomic mass is 35.5. The quantitative estimate of drug-likeness (QED) is 0.283. The summed E-state index contributed by atoms with van der Waals surface area (Å²) < 4.78 is 0. The van der Waals surface area contributed by atoms with Crippen LogP contribution < -0.4 is 5.32 Å². The number of piperazine rings is 1. The van der Waals surface area contributed by atoms with Crippen molar-refractivity contribution in [2.45, 2.75) is 45.6 Å². The van der Waals surface area contributed by atoms with Gasteiger partial charge >= 0.3 is 0 Å². The van der Waals surface area contributed by atoms with Gasteiger partial charge in [0.2, 0.25) is 18.2 Å². The molecule has 3 aromatic carbocycles. The summed E-state index contributed by atoms with van der Waals surface area (Å²) in [5.41, 5.74) is 3.05.